The van der Waals surface area contributed by atoms with Gasteiger partial charge >= 0.3 is 0 Å². The molecule has 0 bridgehead atoms. The summed E-state index contributed by atoms with van der Waals surface area (Å²) >= 11 is 5.81. The van der Waals surface area contributed by atoms with Gasteiger partial charge < -0.3 is 4.90 Å². The van der Waals surface area contributed by atoms with Crippen molar-refractivity contribution in [3.05, 3.63) is 29.0 Å². The van der Waals surface area contributed by atoms with Gasteiger partial charge in [-0.3, -0.25) is 9.78 Å². The average Bonchev–Trinajstić information content (AvgIpc) is 2.60. The average molecular weight is 290 g/mol. The van der Waals surface area contributed by atoms with Crippen molar-refractivity contribution in [3.63, 3.8) is 0 Å². The fourth-order valence-electron chi connectivity index (χ4n) is 1.84. The molecule has 18 heavy (non-hydrogen) atoms. The maximum Gasteiger partial charge on any atom is 0.224 e. The van der Waals surface area contributed by atoms with E-state index in [1.54, 1.807) is 12.1 Å². The molecule has 1 atom stereocenters. The summed E-state index contributed by atoms with van der Waals surface area (Å²) in [6.07, 6.45) is 1.47. The zero-order chi connectivity index (χ0) is 13.3. The zero-order valence-electron chi connectivity index (χ0n) is 9.41. The van der Waals surface area contributed by atoms with Gasteiger partial charge in [-0.25, -0.2) is 13.6 Å². The van der Waals surface area contributed by atoms with Crippen LogP contribution in [0.2, 0.25) is 5.02 Å². The summed E-state index contributed by atoms with van der Waals surface area (Å²) in [6.45, 7) is 0.345. The lowest BCUT2D eigenvalue weighted by atomic mass is 10.3. The Kier molecular flexibility index (Phi) is 3.56. The van der Waals surface area contributed by atoms with Crippen molar-refractivity contribution in [2.24, 2.45) is 5.14 Å². The number of nitrogens with two attached hydrogens (primary N) is 1. The molecule has 98 valence electrons. The third-order valence-corrected chi connectivity index (χ3v) is 4.26. The Morgan fingerprint density at radius 1 is 1.56 bits per heavy atom. The monoisotopic (exact) mass is 289 g/mol. The second kappa shape index (κ2) is 4.83. The van der Waals surface area contributed by atoms with Gasteiger partial charge in [0.05, 0.1) is 12.2 Å². The topological polar surface area (TPSA) is 93.4 Å². The lowest BCUT2D eigenvalue weighted by Gasteiger charge is -2.15. The van der Waals surface area contributed by atoms with E-state index in [1.807, 2.05) is 0 Å². The zero-order valence-corrected chi connectivity index (χ0v) is 11.0. The summed E-state index contributed by atoms with van der Waals surface area (Å²) < 4.78 is 22.4. The molecule has 1 aromatic heterocycles. The molecule has 2 rings (SSSR count). The van der Waals surface area contributed by atoms with Crippen LogP contribution in [-0.4, -0.2) is 36.0 Å². The van der Waals surface area contributed by atoms with Gasteiger partial charge in [-0.1, -0.05) is 11.6 Å². The van der Waals surface area contributed by atoms with Crippen LogP contribution in [0, 0.1) is 0 Å². The van der Waals surface area contributed by atoms with E-state index in [2.05, 4.69) is 4.98 Å². The number of likely N-dealkylation sites (tertiary alicyclic amines) is 1. The number of carbonyl (C=O) groups is 1. The third kappa shape index (κ3) is 2.98. The maximum absolute atomic E-state index is 11.7. The number of carbonyl (C=O) groups excluding carboxylic acids is 1. The Balaban J connectivity index is 2.10. The van der Waals surface area contributed by atoms with Crippen molar-refractivity contribution in [1.82, 2.24) is 9.88 Å². The Morgan fingerprint density at radius 3 is 2.83 bits per heavy atom. The van der Waals surface area contributed by atoms with Crippen molar-refractivity contribution < 1.29 is 13.2 Å². The van der Waals surface area contributed by atoms with Crippen molar-refractivity contribution in [2.45, 2.75) is 18.2 Å². The summed E-state index contributed by atoms with van der Waals surface area (Å²) in [6, 6.07) is 3.27. The molecular weight excluding hydrogens is 278 g/mol. The van der Waals surface area contributed by atoms with Crippen LogP contribution in [0.3, 0.4) is 0 Å². The van der Waals surface area contributed by atoms with E-state index in [0.29, 0.717) is 10.7 Å². The van der Waals surface area contributed by atoms with Crippen LogP contribution in [0.1, 0.15) is 12.1 Å². The van der Waals surface area contributed by atoms with Crippen molar-refractivity contribution in [1.29, 1.82) is 0 Å². The van der Waals surface area contributed by atoms with Crippen molar-refractivity contribution in [3.8, 4) is 0 Å². The second-order valence-corrected chi connectivity index (χ2v) is 6.44. The summed E-state index contributed by atoms with van der Waals surface area (Å²) in [7, 11) is -3.68. The highest BCUT2D eigenvalue weighted by atomic mass is 35.5. The van der Waals surface area contributed by atoms with Crippen LogP contribution in [-0.2, 0) is 21.4 Å². The van der Waals surface area contributed by atoms with Gasteiger partial charge in [-0.05, 0) is 12.1 Å². The minimum atomic E-state index is -3.68. The van der Waals surface area contributed by atoms with E-state index in [9.17, 15) is 13.2 Å². The first-order valence-corrected chi connectivity index (χ1v) is 7.25. The highest BCUT2D eigenvalue weighted by molar-refractivity contribution is 7.89. The summed E-state index contributed by atoms with van der Waals surface area (Å²) in [5.74, 6) is -0.240. The molecule has 0 saturated carbocycles. The standard InChI is InChI=1S/C10H12ClN3O3S/c11-7-1-2-13-8(3-7)5-14-6-9(4-10(14)15)18(12,16)17/h1-3,9H,4-6H2,(H2,12,16,17). The van der Waals surface area contributed by atoms with Gasteiger partial charge in [0.2, 0.25) is 15.9 Å². The minimum Gasteiger partial charge on any atom is -0.335 e. The minimum absolute atomic E-state index is 0.0700. The second-order valence-electron chi connectivity index (χ2n) is 4.15. The smallest absolute Gasteiger partial charge is 0.224 e. The molecule has 2 N–H and O–H groups in total. The Morgan fingerprint density at radius 2 is 2.28 bits per heavy atom. The molecule has 8 heteroatoms. The molecule has 1 aliphatic heterocycles. The van der Waals surface area contributed by atoms with Crippen LogP contribution >= 0.6 is 11.6 Å². The summed E-state index contributed by atoms with van der Waals surface area (Å²) in [5, 5.41) is 4.73. The molecule has 0 radical (unpaired) electrons. The predicted molar refractivity (Wildman–Crippen MR) is 66.2 cm³/mol. The number of pyridine rings is 1. The number of hydrogen-bond donors (Lipinski definition) is 1. The van der Waals surface area contributed by atoms with Gasteiger partial charge in [0.15, 0.2) is 0 Å². The van der Waals surface area contributed by atoms with E-state index >= 15 is 0 Å². The highest BCUT2D eigenvalue weighted by Gasteiger charge is 2.36. The number of amides is 1. The molecule has 0 spiro atoms. The molecule has 0 aliphatic carbocycles. The number of rotatable bonds is 3. The lowest BCUT2D eigenvalue weighted by Crippen LogP contribution is -2.32. The molecule has 0 aromatic carbocycles. The number of hydrogen-bond acceptors (Lipinski definition) is 4. The molecule has 1 unspecified atom stereocenters. The van der Waals surface area contributed by atoms with Gasteiger partial charge in [0.1, 0.15) is 5.25 Å². The summed E-state index contributed by atoms with van der Waals surface area (Å²) in [5.41, 5.74) is 0.617. The van der Waals surface area contributed by atoms with Crippen LogP contribution < -0.4 is 5.14 Å². The van der Waals surface area contributed by atoms with Crippen LogP contribution in [0.25, 0.3) is 0 Å². The molecule has 1 fully saturated rings. The maximum atomic E-state index is 11.7. The number of nitrogens with zero attached hydrogens (tertiary/aromatic N) is 2. The lowest BCUT2D eigenvalue weighted by molar-refractivity contribution is -0.128. The Bertz CT molecular complexity index is 575. The third-order valence-electron chi connectivity index (χ3n) is 2.78. The van der Waals surface area contributed by atoms with E-state index in [4.69, 9.17) is 16.7 Å². The molecule has 6 nitrogen and oxygen atoms in total. The molecule has 1 aromatic rings. The van der Waals surface area contributed by atoms with E-state index in [1.165, 1.54) is 11.1 Å². The predicted octanol–water partition coefficient (Wildman–Crippen LogP) is 0.124. The van der Waals surface area contributed by atoms with Crippen LogP contribution in [0.4, 0.5) is 0 Å². The SMILES string of the molecule is NS(=O)(=O)C1CC(=O)N(Cc2cc(Cl)ccn2)C1. The van der Waals surface area contributed by atoms with E-state index in [-0.39, 0.29) is 25.4 Å². The molecular formula is C10H12ClN3O3S. The first-order chi connectivity index (χ1) is 8.36. The Labute approximate surface area is 110 Å². The quantitative estimate of drug-likeness (QED) is 0.855. The molecule has 1 aliphatic rings. The first kappa shape index (κ1) is 13.3. The molecule has 2 heterocycles. The van der Waals surface area contributed by atoms with E-state index < -0.39 is 15.3 Å². The fraction of sp³-hybridized carbons (Fsp3) is 0.400. The number of primary sulfonamides is 1. The highest BCUT2D eigenvalue weighted by Crippen LogP contribution is 2.19. The Hall–Kier alpha value is -1.18. The number of aromatic nitrogens is 1. The first-order valence-electron chi connectivity index (χ1n) is 5.26. The van der Waals surface area contributed by atoms with Gasteiger partial charge in [-0.15, -0.1) is 0 Å². The van der Waals surface area contributed by atoms with Gasteiger partial charge in [0.25, 0.3) is 0 Å². The van der Waals surface area contributed by atoms with Gasteiger partial charge in [-0.2, -0.15) is 0 Å². The van der Waals surface area contributed by atoms with Crippen LogP contribution in [0.5, 0.6) is 0 Å². The van der Waals surface area contributed by atoms with Crippen molar-refractivity contribution >= 4 is 27.5 Å². The largest absolute Gasteiger partial charge is 0.335 e. The normalized spacial score (nSPS) is 20.4. The van der Waals surface area contributed by atoms with Crippen molar-refractivity contribution in [2.75, 3.05) is 6.54 Å². The molecule has 1 amide bonds. The fourth-order valence-corrected chi connectivity index (χ4v) is 2.78. The molecule has 1 saturated heterocycles. The van der Waals surface area contributed by atoms with Crippen LogP contribution in [0.15, 0.2) is 18.3 Å². The number of sulfonamides is 1. The number of halogens is 1. The van der Waals surface area contributed by atoms with Gasteiger partial charge in [0, 0.05) is 24.2 Å². The van der Waals surface area contributed by atoms with E-state index in [0.717, 1.165) is 0 Å². The summed E-state index contributed by atoms with van der Waals surface area (Å²) in [4.78, 5) is 17.2.